The number of benzene rings is 1. The third-order valence-electron chi connectivity index (χ3n) is 12.6. The second-order valence-corrected chi connectivity index (χ2v) is 20.5. The summed E-state index contributed by atoms with van der Waals surface area (Å²) >= 11 is 0. The first-order valence-corrected chi connectivity index (χ1v) is 21.7. The Morgan fingerprint density at radius 1 is 1.05 bits per heavy atom. The summed E-state index contributed by atoms with van der Waals surface area (Å²) in [7, 11) is -3.97. The van der Waals surface area contributed by atoms with Gasteiger partial charge in [0.25, 0.3) is 5.91 Å². The van der Waals surface area contributed by atoms with Gasteiger partial charge in [0, 0.05) is 35.1 Å². The number of sulfonamides is 1. The van der Waals surface area contributed by atoms with E-state index in [0.29, 0.717) is 38.5 Å². The van der Waals surface area contributed by atoms with Crippen molar-refractivity contribution in [3.8, 4) is 5.75 Å². The molecule has 6 aliphatic rings. The van der Waals surface area contributed by atoms with Crippen LogP contribution in [-0.4, -0.2) is 76.1 Å². The van der Waals surface area contributed by atoms with Crippen LogP contribution in [0.4, 0.5) is 0 Å². The maximum Gasteiger partial charge on any atom is 0.307 e. The molecule has 3 unspecified atom stereocenters. The fourth-order valence-electron chi connectivity index (χ4n) is 8.86. The number of nitrogens with zero attached hydrogens (tertiary/aromatic N) is 2. The van der Waals surface area contributed by atoms with Gasteiger partial charge in [-0.15, -0.1) is 0 Å². The van der Waals surface area contributed by atoms with Gasteiger partial charge in [0.05, 0.1) is 28.9 Å². The van der Waals surface area contributed by atoms with Crippen LogP contribution in [-0.2, 0) is 40.4 Å². The number of carbonyl (C=O) groups is 4. The molecule has 0 bridgehead atoms. The van der Waals surface area contributed by atoms with Gasteiger partial charge in [-0.2, -0.15) is 0 Å². The Morgan fingerprint density at radius 2 is 1.82 bits per heavy atom. The van der Waals surface area contributed by atoms with Gasteiger partial charge in [-0.3, -0.25) is 23.9 Å². The van der Waals surface area contributed by atoms with Crippen molar-refractivity contribution in [2.75, 3.05) is 6.54 Å². The van der Waals surface area contributed by atoms with Crippen LogP contribution in [0.15, 0.2) is 36.4 Å². The molecule has 2 aromatic rings. The third kappa shape index (κ3) is 7.37. The molecule has 296 valence electrons. The van der Waals surface area contributed by atoms with E-state index in [1.807, 2.05) is 30.4 Å². The van der Waals surface area contributed by atoms with Crippen molar-refractivity contribution in [3.63, 3.8) is 0 Å². The average Bonchev–Trinajstić information content (AvgIpc) is 4.05. The Morgan fingerprint density at radius 3 is 2.55 bits per heavy atom. The predicted octanol–water partition coefficient (Wildman–Crippen LogP) is 5.52. The summed E-state index contributed by atoms with van der Waals surface area (Å²) in [4.78, 5) is 63.4. The largest absolute Gasteiger partial charge is 0.483 e. The number of nitrogens with one attached hydrogen (secondary N) is 2. The Kier molecular flexibility index (Phi) is 9.36. The highest BCUT2D eigenvalue weighted by molar-refractivity contribution is 7.91. The number of ether oxygens (including phenoxy) is 2. The highest BCUT2D eigenvalue weighted by Gasteiger charge is 2.64. The Labute approximate surface area is 323 Å². The molecule has 3 aliphatic carbocycles. The molecule has 4 heterocycles. The SMILES string of the molecule is CC(C)(C)OC(=O)C[C@H]1CCCCC/C=C\C2CC2(C(=O)NS(=O)(=O)C2(C)CC2)NC(=O)C2C[C@]3(CCc4c(c(C5CC5)nc5ccccc45)O3)CN2C1=O. The number of aryl methyl sites for hydroxylation is 1. The number of hydrogen-bond donors (Lipinski definition) is 2. The molecule has 5 atom stereocenters. The first-order valence-electron chi connectivity index (χ1n) is 20.2. The second kappa shape index (κ2) is 13.6. The number of amides is 3. The van der Waals surface area contributed by atoms with Crippen molar-refractivity contribution >= 4 is 44.6 Å². The number of para-hydroxylation sites is 1. The van der Waals surface area contributed by atoms with Crippen LogP contribution in [0.3, 0.4) is 0 Å². The zero-order valence-electron chi connectivity index (χ0n) is 32.4. The molecule has 0 radical (unpaired) electrons. The lowest BCUT2D eigenvalue weighted by atomic mass is 9.86. The van der Waals surface area contributed by atoms with Gasteiger partial charge in [0.2, 0.25) is 21.8 Å². The molecule has 3 amide bonds. The maximum atomic E-state index is 14.9. The average molecular weight is 775 g/mol. The van der Waals surface area contributed by atoms with E-state index in [1.54, 1.807) is 32.6 Å². The molecule has 13 heteroatoms. The van der Waals surface area contributed by atoms with Crippen molar-refractivity contribution in [2.45, 2.75) is 151 Å². The molecule has 8 rings (SSSR count). The number of aromatic nitrogens is 1. The molecular weight excluding hydrogens is 721 g/mol. The lowest BCUT2D eigenvalue weighted by Crippen LogP contribution is -2.57. The number of hydrogen-bond acceptors (Lipinski definition) is 9. The minimum absolute atomic E-state index is 0.121. The minimum atomic E-state index is -3.97. The van der Waals surface area contributed by atoms with E-state index in [0.717, 1.165) is 60.0 Å². The highest BCUT2D eigenvalue weighted by Crippen LogP contribution is 2.52. The first-order chi connectivity index (χ1) is 26.0. The van der Waals surface area contributed by atoms with Crippen LogP contribution in [0.2, 0.25) is 0 Å². The molecule has 1 saturated heterocycles. The molecule has 1 aromatic carbocycles. The lowest BCUT2D eigenvalue weighted by molar-refractivity contribution is -0.159. The number of pyridine rings is 1. The monoisotopic (exact) mass is 774 g/mol. The normalized spacial score (nSPS) is 31.1. The van der Waals surface area contributed by atoms with Gasteiger partial charge in [-0.1, -0.05) is 43.2 Å². The Balaban J connectivity index is 1.14. The summed E-state index contributed by atoms with van der Waals surface area (Å²) in [6.07, 6.45) is 11.9. The van der Waals surface area contributed by atoms with Gasteiger partial charge in [-0.25, -0.2) is 13.4 Å². The fourth-order valence-corrected chi connectivity index (χ4v) is 10.2. The molecule has 3 aliphatic heterocycles. The zero-order chi connectivity index (χ0) is 39.0. The summed E-state index contributed by atoms with van der Waals surface area (Å²) in [6.45, 7) is 7.12. The fraction of sp³-hybridized carbons (Fsp3) is 0.643. The molecule has 55 heavy (non-hydrogen) atoms. The quantitative estimate of drug-likeness (QED) is 0.285. The Hall–Kier alpha value is -4.00. The van der Waals surface area contributed by atoms with Crippen LogP contribution in [0, 0.1) is 11.8 Å². The van der Waals surface area contributed by atoms with E-state index < -0.39 is 67.2 Å². The molecule has 2 N–H and O–H groups in total. The van der Waals surface area contributed by atoms with Crippen molar-refractivity contribution in [1.29, 1.82) is 0 Å². The maximum absolute atomic E-state index is 14.9. The first kappa shape index (κ1) is 37.9. The van der Waals surface area contributed by atoms with E-state index in [9.17, 15) is 27.6 Å². The van der Waals surface area contributed by atoms with Crippen molar-refractivity contribution in [1.82, 2.24) is 19.9 Å². The van der Waals surface area contributed by atoms with Crippen LogP contribution in [0.5, 0.6) is 5.75 Å². The van der Waals surface area contributed by atoms with Gasteiger partial charge in [0.15, 0.2) is 0 Å². The summed E-state index contributed by atoms with van der Waals surface area (Å²) in [6, 6.07) is 7.04. The van der Waals surface area contributed by atoms with Gasteiger partial charge >= 0.3 is 5.97 Å². The number of carbonyl (C=O) groups excluding carboxylic acids is 4. The summed E-state index contributed by atoms with van der Waals surface area (Å²) in [5.41, 5.74) is -0.181. The van der Waals surface area contributed by atoms with Crippen LogP contribution in [0.1, 0.15) is 128 Å². The molecule has 1 aromatic heterocycles. The number of esters is 1. The van der Waals surface area contributed by atoms with Crippen molar-refractivity contribution in [2.24, 2.45) is 11.8 Å². The molecule has 1 spiro atoms. The summed E-state index contributed by atoms with van der Waals surface area (Å²) in [5, 5.41) is 4.03. The number of fused-ring (bicyclic) bond motifs is 5. The topological polar surface area (TPSA) is 161 Å². The van der Waals surface area contributed by atoms with Gasteiger partial charge in [-0.05, 0) is 98.0 Å². The van der Waals surface area contributed by atoms with Crippen LogP contribution >= 0.6 is 0 Å². The predicted molar refractivity (Wildman–Crippen MR) is 205 cm³/mol. The minimum Gasteiger partial charge on any atom is -0.483 e. The lowest BCUT2D eigenvalue weighted by Gasteiger charge is -2.37. The molecule has 12 nitrogen and oxygen atoms in total. The molecular formula is C42H54N4O8S. The number of rotatable bonds is 6. The van der Waals surface area contributed by atoms with Crippen molar-refractivity contribution < 1.29 is 37.1 Å². The smallest absolute Gasteiger partial charge is 0.307 e. The summed E-state index contributed by atoms with van der Waals surface area (Å²) < 4.78 is 40.5. The van der Waals surface area contributed by atoms with E-state index >= 15 is 0 Å². The molecule has 3 saturated carbocycles. The Bertz CT molecular complexity index is 2070. The summed E-state index contributed by atoms with van der Waals surface area (Å²) in [5.74, 6) is -2.17. The van der Waals surface area contributed by atoms with E-state index in [-0.39, 0.29) is 37.6 Å². The van der Waals surface area contributed by atoms with E-state index in [4.69, 9.17) is 14.5 Å². The third-order valence-corrected chi connectivity index (χ3v) is 14.8. The number of allylic oxidation sites excluding steroid dienone is 1. The van der Waals surface area contributed by atoms with E-state index in [2.05, 4.69) is 16.1 Å². The van der Waals surface area contributed by atoms with E-state index in [1.165, 1.54) is 0 Å². The van der Waals surface area contributed by atoms with Crippen molar-refractivity contribution in [3.05, 3.63) is 47.7 Å². The van der Waals surface area contributed by atoms with Crippen LogP contribution in [0.25, 0.3) is 10.9 Å². The van der Waals surface area contributed by atoms with Crippen LogP contribution < -0.4 is 14.8 Å². The zero-order valence-corrected chi connectivity index (χ0v) is 33.3. The van der Waals surface area contributed by atoms with Gasteiger partial charge < -0.3 is 19.7 Å². The second-order valence-electron chi connectivity index (χ2n) is 18.3. The molecule has 4 fully saturated rings. The highest BCUT2D eigenvalue weighted by atomic mass is 32.2. The van der Waals surface area contributed by atoms with Gasteiger partial charge in [0.1, 0.15) is 28.5 Å². The standard InChI is InChI=1S/C42H54N4O8S/c1-39(2,3)53-33(47)22-27-12-8-6-5-7-9-13-28-23-42(28,38(50)45-55(51,52)40(4)20-21-40)44-36(48)32-24-41(25-46(32)37(27)49)19-18-30-29-14-10-11-15-31(29)43-34(26-16-17-26)35(30)54-41/h9-11,13-15,26-28,32H,5-8,12,16-25H2,1-4H3,(H,44,48)(H,45,50)/b13-9-/t27-,28?,32?,41-,42?/m1/s1.